The summed E-state index contributed by atoms with van der Waals surface area (Å²) in [5.74, 6) is 6.55. The normalized spacial score (nSPS) is 10.6. The van der Waals surface area contributed by atoms with Crippen LogP contribution in [0.2, 0.25) is 0 Å². The standard InChI is InChI=1S/C13H17N5OS/c1-8-4-9(2)15-12(5-8)20-13-6-10(18-14)16-11(17-13)7-19-3/h4-6H,7,14H2,1-3H3,(H,16,17,18). The molecule has 0 amide bonds. The third kappa shape index (κ3) is 3.89. The van der Waals surface area contributed by atoms with E-state index in [4.69, 9.17) is 10.6 Å². The highest BCUT2D eigenvalue weighted by Crippen LogP contribution is 2.26. The quantitative estimate of drug-likeness (QED) is 0.495. The topological polar surface area (TPSA) is 86.0 Å². The summed E-state index contributed by atoms with van der Waals surface area (Å²) in [4.78, 5) is 13.1. The van der Waals surface area contributed by atoms with Crippen LogP contribution in [0.4, 0.5) is 5.82 Å². The van der Waals surface area contributed by atoms with Gasteiger partial charge in [0.25, 0.3) is 0 Å². The number of nitrogen functional groups attached to an aromatic ring is 1. The molecule has 7 heteroatoms. The third-order valence-corrected chi connectivity index (χ3v) is 3.29. The van der Waals surface area contributed by atoms with E-state index in [0.29, 0.717) is 18.2 Å². The van der Waals surface area contributed by atoms with Crippen molar-refractivity contribution in [1.29, 1.82) is 0 Å². The van der Waals surface area contributed by atoms with Crippen molar-refractivity contribution in [2.45, 2.75) is 30.5 Å². The Morgan fingerprint density at radius 3 is 2.55 bits per heavy atom. The number of ether oxygens (including phenoxy) is 1. The molecule has 0 saturated carbocycles. The Morgan fingerprint density at radius 1 is 1.15 bits per heavy atom. The Morgan fingerprint density at radius 2 is 1.90 bits per heavy atom. The number of rotatable bonds is 5. The number of anilines is 1. The number of nitrogens with one attached hydrogen (secondary N) is 1. The van der Waals surface area contributed by atoms with Crippen molar-refractivity contribution in [3.05, 3.63) is 35.3 Å². The van der Waals surface area contributed by atoms with Crippen LogP contribution < -0.4 is 11.3 Å². The maximum Gasteiger partial charge on any atom is 0.157 e. The van der Waals surface area contributed by atoms with E-state index in [1.807, 2.05) is 26.0 Å². The van der Waals surface area contributed by atoms with Gasteiger partial charge in [-0.15, -0.1) is 0 Å². The summed E-state index contributed by atoms with van der Waals surface area (Å²) in [7, 11) is 1.60. The van der Waals surface area contributed by atoms with Crippen molar-refractivity contribution >= 4 is 17.6 Å². The Bertz CT molecular complexity index is 585. The van der Waals surface area contributed by atoms with E-state index in [2.05, 4.69) is 20.4 Å². The number of hydrazine groups is 1. The Balaban J connectivity index is 2.29. The molecule has 2 rings (SSSR count). The van der Waals surface area contributed by atoms with Crippen molar-refractivity contribution in [2.24, 2.45) is 5.84 Å². The van der Waals surface area contributed by atoms with E-state index in [-0.39, 0.29) is 0 Å². The van der Waals surface area contributed by atoms with Crippen LogP contribution in [0.5, 0.6) is 0 Å². The fourth-order valence-corrected chi connectivity index (χ4v) is 2.73. The zero-order valence-corrected chi connectivity index (χ0v) is 12.5. The summed E-state index contributed by atoms with van der Waals surface area (Å²) >= 11 is 1.47. The highest BCUT2D eigenvalue weighted by molar-refractivity contribution is 7.99. The molecule has 0 fully saturated rings. The molecule has 2 aromatic heterocycles. The molecule has 0 saturated heterocycles. The Labute approximate surface area is 122 Å². The first-order valence-electron chi connectivity index (χ1n) is 6.07. The van der Waals surface area contributed by atoms with Gasteiger partial charge in [-0.05, 0) is 43.3 Å². The van der Waals surface area contributed by atoms with Crippen molar-refractivity contribution in [3.63, 3.8) is 0 Å². The monoisotopic (exact) mass is 291 g/mol. The lowest BCUT2D eigenvalue weighted by atomic mass is 10.3. The molecule has 0 aliphatic carbocycles. The predicted octanol–water partition coefficient (Wildman–Crippen LogP) is 2.07. The van der Waals surface area contributed by atoms with Gasteiger partial charge in [-0.25, -0.2) is 20.8 Å². The van der Waals surface area contributed by atoms with Gasteiger partial charge >= 0.3 is 0 Å². The average molecular weight is 291 g/mol. The molecule has 0 bridgehead atoms. The van der Waals surface area contributed by atoms with Crippen LogP contribution in [0, 0.1) is 13.8 Å². The minimum Gasteiger partial charge on any atom is -0.377 e. The number of hydrogen-bond acceptors (Lipinski definition) is 7. The fourth-order valence-electron chi connectivity index (χ4n) is 1.76. The van der Waals surface area contributed by atoms with E-state index in [1.54, 1.807) is 13.2 Å². The number of methoxy groups -OCH3 is 1. The second kappa shape index (κ2) is 6.65. The van der Waals surface area contributed by atoms with Crippen LogP contribution in [-0.4, -0.2) is 22.1 Å². The van der Waals surface area contributed by atoms with Crippen LogP contribution in [-0.2, 0) is 11.3 Å². The van der Waals surface area contributed by atoms with Crippen LogP contribution in [0.15, 0.2) is 28.3 Å². The van der Waals surface area contributed by atoms with Gasteiger partial charge in [0.2, 0.25) is 0 Å². The Hall–Kier alpha value is -1.70. The molecule has 0 spiro atoms. The molecular weight excluding hydrogens is 274 g/mol. The highest BCUT2D eigenvalue weighted by Gasteiger charge is 2.07. The lowest BCUT2D eigenvalue weighted by Gasteiger charge is -2.07. The molecule has 20 heavy (non-hydrogen) atoms. The highest BCUT2D eigenvalue weighted by atomic mass is 32.2. The number of aryl methyl sites for hydroxylation is 2. The van der Waals surface area contributed by atoms with Crippen molar-refractivity contribution < 1.29 is 4.74 Å². The fraction of sp³-hybridized carbons (Fsp3) is 0.308. The molecule has 0 unspecified atom stereocenters. The number of hydrogen-bond donors (Lipinski definition) is 2. The summed E-state index contributed by atoms with van der Waals surface area (Å²) in [5, 5.41) is 1.67. The molecule has 6 nitrogen and oxygen atoms in total. The van der Waals surface area contributed by atoms with Gasteiger partial charge in [0.05, 0.1) is 0 Å². The summed E-state index contributed by atoms with van der Waals surface area (Å²) in [6, 6.07) is 5.84. The molecule has 3 N–H and O–H groups in total. The van der Waals surface area contributed by atoms with Gasteiger partial charge in [-0.3, -0.25) is 0 Å². The Kier molecular flexibility index (Phi) is 4.89. The molecule has 0 aliphatic heterocycles. The maximum atomic E-state index is 5.42. The number of aromatic nitrogens is 3. The van der Waals surface area contributed by atoms with Gasteiger partial charge in [0.15, 0.2) is 5.82 Å². The average Bonchev–Trinajstić information content (AvgIpc) is 2.37. The minimum absolute atomic E-state index is 0.337. The van der Waals surface area contributed by atoms with Gasteiger partial charge in [-0.2, -0.15) is 0 Å². The van der Waals surface area contributed by atoms with E-state index >= 15 is 0 Å². The van der Waals surface area contributed by atoms with Crippen LogP contribution in [0.25, 0.3) is 0 Å². The molecule has 2 aromatic rings. The first-order valence-corrected chi connectivity index (χ1v) is 6.89. The first-order chi connectivity index (χ1) is 9.60. The number of nitrogens with two attached hydrogens (primary N) is 1. The minimum atomic E-state index is 0.337. The molecule has 2 heterocycles. The van der Waals surface area contributed by atoms with E-state index in [1.165, 1.54) is 17.3 Å². The number of pyridine rings is 1. The zero-order chi connectivity index (χ0) is 14.5. The van der Waals surface area contributed by atoms with Gasteiger partial charge in [0, 0.05) is 18.9 Å². The van der Waals surface area contributed by atoms with Crippen molar-refractivity contribution in [1.82, 2.24) is 15.0 Å². The summed E-state index contributed by atoms with van der Waals surface area (Å²) in [6.07, 6.45) is 0. The second-order valence-electron chi connectivity index (χ2n) is 4.31. The maximum absolute atomic E-state index is 5.42. The number of nitrogens with zero attached hydrogens (tertiary/aromatic N) is 3. The molecule has 0 aromatic carbocycles. The van der Waals surface area contributed by atoms with E-state index in [9.17, 15) is 0 Å². The molecular formula is C13H17N5OS. The van der Waals surface area contributed by atoms with E-state index < -0.39 is 0 Å². The largest absolute Gasteiger partial charge is 0.377 e. The molecule has 0 aliphatic rings. The van der Waals surface area contributed by atoms with Crippen molar-refractivity contribution in [2.75, 3.05) is 12.5 Å². The SMILES string of the molecule is COCc1nc(NN)cc(Sc2cc(C)cc(C)n2)n1. The lowest BCUT2D eigenvalue weighted by Crippen LogP contribution is -2.11. The summed E-state index contributed by atoms with van der Waals surface area (Å²) in [5.41, 5.74) is 4.69. The molecule has 0 radical (unpaired) electrons. The zero-order valence-electron chi connectivity index (χ0n) is 11.7. The van der Waals surface area contributed by atoms with E-state index in [0.717, 1.165) is 15.7 Å². The van der Waals surface area contributed by atoms with Crippen LogP contribution >= 0.6 is 11.8 Å². The smallest absolute Gasteiger partial charge is 0.157 e. The van der Waals surface area contributed by atoms with Gasteiger partial charge in [-0.1, -0.05) is 0 Å². The van der Waals surface area contributed by atoms with Crippen LogP contribution in [0.1, 0.15) is 17.1 Å². The van der Waals surface area contributed by atoms with Crippen molar-refractivity contribution in [3.8, 4) is 0 Å². The van der Waals surface area contributed by atoms with Gasteiger partial charge < -0.3 is 10.2 Å². The summed E-state index contributed by atoms with van der Waals surface area (Å²) in [6.45, 7) is 4.35. The molecule has 106 valence electrons. The van der Waals surface area contributed by atoms with Crippen LogP contribution in [0.3, 0.4) is 0 Å². The predicted molar refractivity (Wildman–Crippen MR) is 78.4 cm³/mol. The molecule has 0 atom stereocenters. The first kappa shape index (κ1) is 14.7. The second-order valence-corrected chi connectivity index (χ2v) is 5.35. The summed E-state index contributed by atoms with van der Waals surface area (Å²) < 4.78 is 5.05. The van der Waals surface area contributed by atoms with Gasteiger partial charge in [0.1, 0.15) is 22.5 Å². The third-order valence-electron chi connectivity index (χ3n) is 2.45. The lowest BCUT2D eigenvalue weighted by molar-refractivity contribution is 0.177.